The molecule has 4 amide bonds. The molecule has 1 rings (SSSR count). The van der Waals surface area contributed by atoms with Crippen LogP contribution in [0.1, 0.15) is 42.1 Å². The number of hydrogen-bond donors (Lipinski definition) is 8. The van der Waals surface area contributed by atoms with Gasteiger partial charge >= 0.3 is 5.97 Å². The van der Waals surface area contributed by atoms with E-state index in [1.165, 1.54) is 6.92 Å². The van der Waals surface area contributed by atoms with Gasteiger partial charge in [0, 0.05) is 18.7 Å². The standard InChI is InChI=1S/C23H34N8O7/c1-13(24)20(36)31-16(6-3-7-27-23(25)26)21(37)29-11-18(33)30-17(9-19(34)35)22(38)28-10-14-4-2-5-15(8-14)12-32/h2,4-5,8,12-13,16-17H,3,6-7,9-11,24H2,1H3,(H,28,38)(H,29,37)(H,30,33)(H,31,36)(H,34,35)(H4,25,26,27)/t13-,16-,17-/m0/s1. The lowest BCUT2D eigenvalue weighted by atomic mass is 10.1. The monoisotopic (exact) mass is 534 g/mol. The SMILES string of the molecule is C[C@H](N)C(=O)N[C@@H](CCCN=C(N)N)C(=O)NCC(=O)N[C@@H](CC(=O)O)C(=O)NCc1cccc(C=O)c1. The van der Waals surface area contributed by atoms with E-state index in [2.05, 4.69) is 26.3 Å². The Kier molecular flexibility index (Phi) is 13.5. The Balaban J connectivity index is 2.73. The van der Waals surface area contributed by atoms with Gasteiger partial charge in [-0.15, -0.1) is 0 Å². The molecule has 0 unspecified atom stereocenters. The van der Waals surface area contributed by atoms with E-state index in [1.807, 2.05) is 0 Å². The minimum atomic E-state index is -1.43. The number of aliphatic carboxylic acids is 1. The second kappa shape index (κ2) is 16.3. The third kappa shape index (κ3) is 12.4. The Labute approximate surface area is 219 Å². The van der Waals surface area contributed by atoms with Gasteiger partial charge in [0.15, 0.2) is 5.96 Å². The van der Waals surface area contributed by atoms with E-state index in [-0.39, 0.29) is 25.5 Å². The molecule has 0 saturated heterocycles. The van der Waals surface area contributed by atoms with Crippen molar-refractivity contribution in [2.45, 2.75) is 50.9 Å². The molecule has 208 valence electrons. The first kappa shape index (κ1) is 31.5. The zero-order valence-corrected chi connectivity index (χ0v) is 20.9. The summed E-state index contributed by atoms with van der Waals surface area (Å²) in [6, 6.07) is 3.04. The summed E-state index contributed by atoms with van der Waals surface area (Å²) in [5.41, 5.74) is 17.1. The molecular weight excluding hydrogens is 500 g/mol. The van der Waals surface area contributed by atoms with Gasteiger partial charge in [0.2, 0.25) is 23.6 Å². The van der Waals surface area contributed by atoms with Crippen LogP contribution in [0.25, 0.3) is 0 Å². The number of aldehydes is 1. The smallest absolute Gasteiger partial charge is 0.305 e. The highest BCUT2D eigenvalue weighted by Gasteiger charge is 2.25. The lowest BCUT2D eigenvalue weighted by Crippen LogP contribution is -2.54. The maximum Gasteiger partial charge on any atom is 0.305 e. The van der Waals surface area contributed by atoms with Crippen LogP contribution in [0.15, 0.2) is 29.3 Å². The van der Waals surface area contributed by atoms with Crippen LogP contribution in [-0.4, -0.2) is 78.2 Å². The Morgan fingerprint density at radius 3 is 2.32 bits per heavy atom. The van der Waals surface area contributed by atoms with E-state index < -0.39 is 60.7 Å². The second-order valence-electron chi connectivity index (χ2n) is 8.32. The molecule has 38 heavy (non-hydrogen) atoms. The third-order valence-electron chi connectivity index (χ3n) is 5.00. The van der Waals surface area contributed by atoms with Crippen LogP contribution in [0.3, 0.4) is 0 Å². The number of carboxylic acids is 1. The Bertz CT molecular complexity index is 1040. The van der Waals surface area contributed by atoms with Gasteiger partial charge in [-0.05, 0) is 31.4 Å². The Morgan fingerprint density at radius 1 is 1.03 bits per heavy atom. The molecule has 1 aromatic carbocycles. The molecular formula is C23H34N8O7. The molecule has 15 nitrogen and oxygen atoms in total. The first-order valence-corrected chi connectivity index (χ1v) is 11.6. The summed E-state index contributed by atoms with van der Waals surface area (Å²) in [4.78, 5) is 75.4. The maximum atomic E-state index is 12.6. The van der Waals surface area contributed by atoms with E-state index in [4.69, 9.17) is 22.3 Å². The van der Waals surface area contributed by atoms with Gasteiger partial charge in [-0.25, -0.2) is 0 Å². The molecule has 3 atom stereocenters. The van der Waals surface area contributed by atoms with E-state index in [0.717, 1.165) is 0 Å². The first-order chi connectivity index (χ1) is 17.9. The average molecular weight is 535 g/mol. The summed E-state index contributed by atoms with van der Waals surface area (Å²) in [7, 11) is 0. The molecule has 0 aromatic heterocycles. The number of carbonyl (C=O) groups is 6. The first-order valence-electron chi connectivity index (χ1n) is 11.6. The number of amides is 4. The van der Waals surface area contributed by atoms with Crippen LogP contribution in [0.2, 0.25) is 0 Å². The molecule has 0 aliphatic carbocycles. The molecule has 0 bridgehead atoms. The number of aliphatic imine (C=N–C) groups is 1. The van der Waals surface area contributed by atoms with Crippen LogP contribution in [0.5, 0.6) is 0 Å². The maximum absolute atomic E-state index is 12.6. The zero-order valence-electron chi connectivity index (χ0n) is 20.9. The fraction of sp³-hybridized carbons (Fsp3) is 0.435. The number of nitrogens with zero attached hydrogens (tertiary/aromatic N) is 1. The van der Waals surface area contributed by atoms with Crippen molar-refractivity contribution in [1.29, 1.82) is 0 Å². The highest BCUT2D eigenvalue weighted by Crippen LogP contribution is 2.04. The predicted octanol–water partition coefficient (Wildman–Crippen LogP) is -2.92. The fourth-order valence-electron chi connectivity index (χ4n) is 3.08. The van der Waals surface area contributed by atoms with E-state index >= 15 is 0 Å². The molecule has 0 saturated carbocycles. The molecule has 0 fully saturated rings. The number of carbonyl (C=O) groups excluding carboxylic acids is 5. The second-order valence-corrected chi connectivity index (χ2v) is 8.32. The number of rotatable bonds is 16. The molecule has 0 spiro atoms. The molecule has 15 heteroatoms. The van der Waals surface area contributed by atoms with Crippen molar-refractivity contribution in [2.75, 3.05) is 13.1 Å². The number of hydrogen-bond acceptors (Lipinski definition) is 8. The summed E-state index contributed by atoms with van der Waals surface area (Å²) in [6.45, 7) is 1.03. The zero-order chi connectivity index (χ0) is 28.7. The van der Waals surface area contributed by atoms with Crippen LogP contribution in [-0.2, 0) is 30.5 Å². The lowest BCUT2D eigenvalue weighted by molar-refractivity contribution is -0.140. The number of carboxylic acid groups (broad SMARTS) is 1. The van der Waals surface area contributed by atoms with Crippen molar-refractivity contribution >= 4 is 41.8 Å². The number of nitrogens with one attached hydrogen (secondary N) is 4. The lowest BCUT2D eigenvalue weighted by Gasteiger charge is -2.20. The van der Waals surface area contributed by atoms with Gasteiger partial charge in [-0.3, -0.25) is 33.8 Å². The average Bonchev–Trinajstić information content (AvgIpc) is 2.86. The summed E-state index contributed by atoms with van der Waals surface area (Å²) in [5.74, 6) is -4.36. The molecule has 0 radical (unpaired) electrons. The van der Waals surface area contributed by atoms with Crippen molar-refractivity contribution in [2.24, 2.45) is 22.2 Å². The molecule has 0 aliphatic heterocycles. The largest absolute Gasteiger partial charge is 0.481 e. The minimum Gasteiger partial charge on any atom is -0.481 e. The summed E-state index contributed by atoms with van der Waals surface area (Å²) in [5, 5.41) is 18.7. The molecule has 11 N–H and O–H groups in total. The van der Waals surface area contributed by atoms with E-state index in [1.54, 1.807) is 24.3 Å². The molecule has 0 aliphatic rings. The summed E-state index contributed by atoms with van der Waals surface area (Å²) < 4.78 is 0. The normalized spacial score (nSPS) is 12.7. The molecule has 1 aromatic rings. The van der Waals surface area contributed by atoms with Gasteiger partial charge in [0.1, 0.15) is 18.4 Å². The van der Waals surface area contributed by atoms with Crippen molar-refractivity contribution in [3.05, 3.63) is 35.4 Å². The minimum absolute atomic E-state index is 0.00989. The van der Waals surface area contributed by atoms with Crippen molar-refractivity contribution in [3.8, 4) is 0 Å². The van der Waals surface area contributed by atoms with Gasteiger partial charge in [-0.1, -0.05) is 18.2 Å². The predicted molar refractivity (Wildman–Crippen MR) is 136 cm³/mol. The van der Waals surface area contributed by atoms with E-state index in [9.17, 15) is 28.8 Å². The summed E-state index contributed by atoms with van der Waals surface area (Å²) >= 11 is 0. The highest BCUT2D eigenvalue weighted by molar-refractivity contribution is 5.94. The van der Waals surface area contributed by atoms with Crippen molar-refractivity contribution < 1.29 is 33.9 Å². The van der Waals surface area contributed by atoms with Crippen molar-refractivity contribution in [3.63, 3.8) is 0 Å². The highest BCUT2D eigenvalue weighted by atomic mass is 16.4. The third-order valence-corrected chi connectivity index (χ3v) is 5.00. The molecule has 0 heterocycles. The summed E-state index contributed by atoms with van der Waals surface area (Å²) in [6.07, 6.45) is 0.400. The van der Waals surface area contributed by atoms with Gasteiger partial charge in [0.05, 0.1) is 19.0 Å². The topological polar surface area (TPSA) is 261 Å². The van der Waals surface area contributed by atoms with Crippen LogP contribution in [0.4, 0.5) is 0 Å². The van der Waals surface area contributed by atoms with Gasteiger partial charge in [-0.2, -0.15) is 0 Å². The van der Waals surface area contributed by atoms with Crippen LogP contribution >= 0.6 is 0 Å². The number of guanidine groups is 1. The number of nitrogens with two attached hydrogens (primary N) is 3. The fourth-order valence-corrected chi connectivity index (χ4v) is 3.08. The van der Waals surface area contributed by atoms with Crippen LogP contribution < -0.4 is 38.5 Å². The van der Waals surface area contributed by atoms with E-state index in [0.29, 0.717) is 23.8 Å². The number of benzene rings is 1. The van der Waals surface area contributed by atoms with Crippen LogP contribution in [0, 0.1) is 0 Å². The van der Waals surface area contributed by atoms with Crippen molar-refractivity contribution in [1.82, 2.24) is 21.3 Å². The Morgan fingerprint density at radius 2 is 1.71 bits per heavy atom. The van der Waals surface area contributed by atoms with Gasteiger partial charge < -0.3 is 43.6 Å². The quantitative estimate of drug-likeness (QED) is 0.0463. The van der Waals surface area contributed by atoms with Gasteiger partial charge in [0.25, 0.3) is 0 Å². The Hall–Kier alpha value is -4.53.